The number of aromatic nitrogens is 3. The largest absolute Gasteiger partial charge is 0.354 e. The Morgan fingerprint density at radius 1 is 1.37 bits per heavy atom. The molecule has 2 rings (SSSR count). The number of nitrogens with zero attached hydrogens (tertiary/aromatic N) is 3. The monoisotopic (exact) mass is 259 g/mol. The zero-order chi connectivity index (χ0) is 13.5. The minimum atomic E-state index is -0.271. The average Bonchev–Trinajstić information content (AvgIpc) is 2.93. The molecule has 2 aromatic rings. The molecule has 100 valence electrons. The van der Waals surface area contributed by atoms with E-state index in [4.69, 9.17) is 5.73 Å². The molecule has 1 atom stereocenters. The fourth-order valence-corrected chi connectivity index (χ4v) is 1.75. The molecule has 6 heteroatoms. The van der Waals surface area contributed by atoms with Gasteiger partial charge in [0.05, 0.1) is 12.7 Å². The molecular weight excluding hydrogens is 242 g/mol. The fraction of sp³-hybridized carbons (Fsp3) is 0.308. The maximum atomic E-state index is 11.7. The van der Waals surface area contributed by atoms with E-state index in [-0.39, 0.29) is 18.4 Å². The van der Waals surface area contributed by atoms with Crippen molar-refractivity contribution in [2.24, 2.45) is 5.73 Å². The Labute approximate surface area is 111 Å². The third kappa shape index (κ3) is 4.18. The van der Waals surface area contributed by atoms with E-state index < -0.39 is 0 Å². The van der Waals surface area contributed by atoms with Gasteiger partial charge in [0.15, 0.2) is 0 Å². The van der Waals surface area contributed by atoms with E-state index in [9.17, 15) is 4.79 Å². The standard InChI is InChI=1S/C13H17N5O/c14-12(11-4-2-1-3-5-11)10-13(19)15-6-8-18-9-7-16-17-18/h1-5,7,9,12H,6,8,10,14H2,(H,15,19). The second-order valence-corrected chi connectivity index (χ2v) is 4.24. The van der Waals surface area contributed by atoms with Gasteiger partial charge in [-0.3, -0.25) is 9.48 Å². The van der Waals surface area contributed by atoms with Gasteiger partial charge in [0.25, 0.3) is 0 Å². The number of hydrogen-bond donors (Lipinski definition) is 2. The number of rotatable bonds is 6. The van der Waals surface area contributed by atoms with E-state index >= 15 is 0 Å². The Bertz CT molecular complexity index is 497. The van der Waals surface area contributed by atoms with Crippen LogP contribution in [0.15, 0.2) is 42.7 Å². The number of amides is 1. The first kappa shape index (κ1) is 13.2. The van der Waals surface area contributed by atoms with Crippen molar-refractivity contribution in [3.05, 3.63) is 48.3 Å². The zero-order valence-corrected chi connectivity index (χ0v) is 10.6. The third-order valence-corrected chi connectivity index (χ3v) is 2.77. The minimum absolute atomic E-state index is 0.0588. The molecule has 6 nitrogen and oxygen atoms in total. The smallest absolute Gasteiger partial charge is 0.221 e. The molecular formula is C13H17N5O. The lowest BCUT2D eigenvalue weighted by Crippen LogP contribution is -2.30. The van der Waals surface area contributed by atoms with Gasteiger partial charge in [0.2, 0.25) is 5.91 Å². The van der Waals surface area contributed by atoms with Crippen molar-refractivity contribution in [2.45, 2.75) is 19.0 Å². The van der Waals surface area contributed by atoms with Crippen LogP contribution in [0.3, 0.4) is 0 Å². The maximum absolute atomic E-state index is 11.7. The molecule has 1 heterocycles. The SMILES string of the molecule is NC(CC(=O)NCCn1ccnn1)c1ccccc1. The molecule has 0 aliphatic rings. The summed E-state index contributed by atoms with van der Waals surface area (Å²) in [6.07, 6.45) is 3.64. The van der Waals surface area contributed by atoms with Crippen molar-refractivity contribution < 1.29 is 4.79 Å². The van der Waals surface area contributed by atoms with Crippen molar-refractivity contribution in [1.82, 2.24) is 20.3 Å². The highest BCUT2D eigenvalue weighted by atomic mass is 16.1. The molecule has 0 saturated carbocycles. The molecule has 1 unspecified atom stereocenters. The lowest BCUT2D eigenvalue weighted by molar-refractivity contribution is -0.121. The van der Waals surface area contributed by atoms with E-state index in [2.05, 4.69) is 15.6 Å². The first-order valence-corrected chi connectivity index (χ1v) is 6.17. The van der Waals surface area contributed by atoms with E-state index in [0.29, 0.717) is 13.1 Å². The Balaban J connectivity index is 1.72. The molecule has 0 radical (unpaired) electrons. The van der Waals surface area contributed by atoms with Crippen molar-refractivity contribution in [3.63, 3.8) is 0 Å². The lowest BCUT2D eigenvalue weighted by atomic mass is 10.0. The fourth-order valence-electron chi connectivity index (χ4n) is 1.75. The summed E-state index contributed by atoms with van der Waals surface area (Å²) in [6.45, 7) is 1.12. The molecule has 0 aliphatic heterocycles. The molecule has 1 aromatic heterocycles. The summed E-state index contributed by atoms with van der Waals surface area (Å²) in [7, 11) is 0. The molecule has 0 saturated heterocycles. The molecule has 3 N–H and O–H groups in total. The van der Waals surface area contributed by atoms with Crippen LogP contribution in [0.25, 0.3) is 0 Å². The first-order valence-electron chi connectivity index (χ1n) is 6.17. The number of hydrogen-bond acceptors (Lipinski definition) is 4. The van der Waals surface area contributed by atoms with Gasteiger partial charge < -0.3 is 11.1 Å². The Hall–Kier alpha value is -2.21. The van der Waals surface area contributed by atoms with Crippen LogP contribution in [-0.2, 0) is 11.3 Å². The number of carbonyl (C=O) groups excluding carboxylic acids is 1. The van der Waals surface area contributed by atoms with Crippen LogP contribution in [0.4, 0.5) is 0 Å². The van der Waals surface area contributed by atoms with Crippen LogP contribution in [0.1, 0.15) is 18.0 Å². The van der Waals surface area contributed by atoms with Crippen LogP contribution < -0.4 is 11.1 Å². The van der Waals surface area contributed by atoms with Gasteiger partial charge in [0.1, 0.15) is 0 Å². The third-order valence-electron chi connectivity index (χ3n) is 2.77. The summed E-state index contributed by atoms with van der Waals surface area (Å²) in [4.78, 5) is 11.7. The predicted octanol–water partition coefficient (Wildman–Crippen LogP) is 0.484. The molecule has 0 aliphatic carbocycles. The second kappa shape index (κ2) is 6.65. The average molecular weight is 259 g/mol. The quantitative estimate of drug-likeness (QED) is 0.790. The number of benzene rings is 1. The van der Waals surface area contributed by atoms with Crippen LogP contribution in [0.2, 0.25) is 0 Å². The zero-order valence-electron chi connectivity index (χ0n) is 10.6. The molecule has 1 aromatic carbocycles. The number of nitrogens with one attached hydrogen (secondary N) is 1. The predicted molar refractivity (Wildman–Crippen MR) is 71.0 cm³/mol. The van der Waals surface area contributed by atoms with Gasteiger partial charge in [0, 0.05) is 25.2 Å². The van der Waals surface area contributed by atoms with Crippen molar-refractivity contribution in [1.29, 1.82) is 0 Å². The number of nitrogens with two attached hydrogens (primary N) is 1. The summed E-state index contributed by atoms with van der Waals surface area (Å²) in [5, 5.41) is 10.3. The highest BCUT2D eigenvalue weighted by Crippen LogP contribution is 2.12. The van der Waals surface area contributed by atoms with Crippen molar-refractivity contribution in [2.75, 3.05) is 6.54 Å². The van der Waals surface area contributed by atoms with Gasteiger partial charge in [-0.25, -0.2) is 0 Å². The summed E-state index contributed by atoms with van der Waals surface area (Å²) in [5.41, 5.74) is 6.94. The van der Waals surface area contributed by atoms with Crippen LogP contribution in [0.5, 0.6) is 0 Å². The lowest BCUT2D eigenvalue weighted by Gasteiger charge is -2.12. The van der Waals surface area contributed by atoms with Crippen LogP contribution in [0, 0.1) is 0 Å². The Morgan fingerprint density at radius 2 is 2.16 bits per heavy atom. The number of carbonyl (C=O) groups is 1. The Morgan fingerprint density at radius 3 is 2.84 bits per heavy atom. The highest BCUT2D eigenvalue weighted by Gasteiger charge is 2.10. The topological polar surface area (TPSA) is 85.8 Å². The van der Waals surface area contributed by atoms with Crippen LogP contribution in [-0.4, -0.2) is 27.4 Å². The van der Waals surface area contributed by atoms with Gasteiger partial charge >= 0.3 is 0 Å². The molecule has 1 amide bonds. The maximum Gasteiger partial charge on any atom is 0.221 e. The molecule has 0 spiro atoms. The van der Waals surface area contributed by atoms with Crippen molar-refractivity contribution in [3.8, 4) is 0 Å². The molecule has 0 bridgehead atoms. The van der Waals surface area contributed by atoms with Gasteiger partial charge in [-0.2, -0.15) is 0 Å². The first-order chi connectivity index (χ1) is 9.25. The van der Waals surface area contributed by atoms with Crippen LogP contribution >= 0.6 is 0 Å². The normalized spacial score (nSPS) is 12.1. The second-order valence-electron chi connectivity index (χ2n) is 4.24. The molecule has 0 fully saturated rings. The minimum Gasteiger partial charge on any atom is -0.354 e. The highest BCUT2D eigenvalue weighted by molar-refractivity contribution is 5.76. The molecule has 19 heavy (non-hydrogen) atoms. The van der Waals surface area contributed by atoms with E-state index in [1.165, 1.54) is 0 Å². The van der Waals surface area contributed by atoms with E-state index in [1.807, 2.05) is 30.3 Å². The summed E-state index contributed by atoms with van der Waals surface area (Å²) >= 11 is 0. The van der Waals surface area contributed by atoms with Crippen molar-refractivity contribution >= 4 is 5.91 Å². The summed E-state index contributed by atoms with van der Waals surface area (Å²) < 4.78 is 1.66. The van der Waals surface area contributed by atoms with E-state index in [1.54, 1.807) is 17.1 Å². The van der Waals surface area contributed by atoms with Gasteiger partial charge in [-0.15, -0.1) is 5.10 Å². The summed E-state index contributed by atoms with van der Waals surface area (Å²) in [6, 6.07) is 9.33. The van der Waals surface area contributed by atoms with E-state index in [0.717, 1.165) is 5.56 Å². The van der Waals surface area contributed by atoms with Gasteiger partial charge in [-0.1, -0.05) is 35.5 Å². The Kier molecular flexibility index (Phi) is 4.63. The summed E-state index contributed by atoms with van der Waals surface area (Å²) in [5.74, 6) is -0.0588. The van der Waals surface area contributed by atoms with Gasteiger partial charge in [-0.05, 0) is 5.56 Å².